The zero-order valence-corrected chi connectivity index (χ0v) is 10.7. The summed E-state index contributed by atoms with van der Waals surface area (Å²) in [6.07, 6.45) is 0.298. The van der Waals surface area contributed by atoms with Crippen molar-refractivity contribution in [2.24, 2.45) is 0 Å². The van der Waals surface area contributed by atoms with Crippen LogP contribution in [0.15, 0.2) is 24.3 Å². The largest absolute Gasteiger partial charge is 0.480 e. The monoisotopic (exact) mass is 265 g/mol. The topological polar surface area (TPSA) is 92.7 Å². The molecule has 1 rings (SSSR count). The summed E-state index contributed by atoms with van der Waals surface area (Å²) >= 11 is 0. The van der Waals surface area contributed by atoms with Crippen LogP contribution in [-0.2, 0) is 9.59 Å². The summed E-state index contributed by atoms with van der Waals surface area (Å²) in [5.74, 6) is -1.68. The van der Waals surface area contributed by atoms with Crippen LogP contribution in [0.2, 0.25) is 0 Å². The Bertz CT molecular complexity index is 480. The minimum atomic E-state index is -1.08. The van der Waals surface area contributed by atoms with E-state index in [1.807, 2.05) is 0 Å². The number of carbonyl (C=O) groups excluding carboxylic acids is 2. The molecule has 1 atom stereocenters. The smallest absolute Gasteiger partial charge is 0.326 e. The Morgan fingerprint density at radius 2 is 1.84 bits per heavy atom. The van der Waals surface area contributed by atoms with E-state index in [-0.39, 0.29) is 0 Å². The first-order valence-corrected chi connectivity index (χ1v) is 5.76. The van der Waals surface area contributed by atoms with Crippen LogP contribution in [0, 0.1) is 0 Å². The van der Waals surface area contributed by atoms with E-state index < -0.39 is 23.9 Å². The minimum absolute atomic E-state index is 0.298. The molecule has 0 aliphatic heterocycles. The molecule has 6 heteroatoms. The Kier molecular flexibility index (Phi) is 5.05. The molecule has 2 N–H and O–H groups in total. The number of nitrogens with one attached hydrogen (secondary N) is 1. The molecule has 0 saturated heterocycles. The van der Waals surface area contributed by atoms with Gasteiger partial charge < -0.3 is 15.2 Å². The van der Waals surface area contributed by atoms with Gasteiger partial charge in [0.2, 0.25) is 0 Å². The predicted octanol–water partition coefficient (Wildman–Crippen LogP) is 1.20. The fourth-order valence-corrected chi connectivity index (χ4v) is 1.42. The van der Waals surface area contributed by atoms with Gasteiger partial charge in [0.1, 0.15) is 11.8 Å². The lowest BCUT2D eigenvalue weighted by Gasteiger charge is -2.12. The second-order valence-electron chi connectivity index (χ2n) is 3.89. The quantitative estimate of drug-likeness (QED) is 0.616. The Morgan fingerprint density at radius 1 is 1.26 bits per heavy atom. The van der Waals surface area contributed by atoms with E-state index in [0.717, 1.165) is 0 Å². The summed E-state index contributed by atoms with van der Waals surface area (Å²) in [5, 5.41) is 11.2. The van der Waals surface area contributed by atoms with E-state index in [1.54, 1.807) is 6.92 Å². The molecular weight excluding hydrogens is 250 g/mol. The van der Waals surface area contributed by atoms with Gasteiger partial charge in [-0.2, -0.15) is 0 Å². The van der Waals surface area contributed by atoms with Crippen LogP contribution in [0.4, 0.5) is 0 Å². The average Bonchev–Trinajstić information content (AvgIpc) is 2.35. The number of amides is 1. The first-order chi connectivity index (χ1) is 8.93. The standard InChI is InChI=1S/C13H15NO5/c1-3-11(13(17)18)14-12(16)9-4-6-10(7-5-9)19-8(2)15/h4-7,11H,3H2,1-2H3,(H,14,16)(H,17,18)/t11-/m0/s1. The molecule has 0 bridgehead atoms. The van der Waals surface area contributed by atoms with E-state index >= 15 is 0 Å². The fraction of sp³-hybridized carbons (Fsp3) is 0.308. The van der Waals surface area contributed by atoms with Gasteiger partial charge in [0.05, 0.1) is 0 Å². The highest BCUT2D eigenvalue weighted by atomic mass is 16.5. The van der Waals surface area contributed by atoms with E-state index in [0.29, 0.717) is 17.7 Å². The summed E-state index contributed by atoms with van der Waals surface area (Å²) in [7, 11) is 0. The number of carboxylic acids is 1. The maximum atomic E-state index is 11.8. The van der Waals surface area contributed by atoms with E-state index in [4.69, 9.17) is 9.84 Å². The van der Waals surface area contributed by atoms with Crippen molar-refractivity contribution in [3.05, 3.63) is 29.8 Å². The number of esters is 1. The number of benzene rings is 1. The van der Waals surface area contributed by atoms with Crippen molar-refractivity contribution in [2.45, 2.75) is 26.3 Å². The van der Waals surface area contributed by atoms with Crippen LogP contribution in [-0.4, -0.2) is 29.0 Å². The third kappa shape index (κ3) is 4.42. The third-order valence-corrected chi connectivity index (χ3v) is 2.39. The molecule has 0 spiro atoms. The molecule has 1 aromatic carbocycles. The molecule has 0 aliphatic rings. The highest BCUT2D eigenvalue weighted by molar-refractivity contribution is 5.96. The van der Waals surface area contributed by atoms with Crippen LogP contribution in [0.25, 0.3) is 0 Å². The van der Waals surface area contributed by atoms with Gasteiger partial charge in [0.25, 0.3) is 5.91 Å². The van der Waals surface area contributed by atoms with Gasteiger partial charge in [-0.25, -0.2) is 4.79 Å². The molecule has 0 saturated carbocycles. The molecule has 1 aromatic rings. The Balaban J connectivity index is 2.72. The number of ether oxygens (including phenoxy) is 1. The summed E-state index contributed by atoms with van der Waals surface area (Å²) < 4.78 is 4.82. The summed E-state index contributed by atoms with van der Waals surface area (Å²) in [6, 6.07) is 4.95. The van der Waals surface area contributed by atoms with E-state index in [2.05, 4.69) is 5.32 Å². The Morgan fingerprint density at radius 3 is 2.26 bits per heavy atom. The van der Waals surface area contributed by atoms with Crippen LogP contribution in [0.3, 0.4) is 0 Å². The number of rotatable bonds is 5. The zero-order valence-electron chi connectivity index (χ0n) is 10.7. The SMILES string of the molecule is CC[C@H](NC(=O)c1ccc(OC(C)=O)cc1)C(=O)O. The molecule has 0 aliphatic carbocycles. The van der Waals surface area contributed by atoms with Crippen molar-refractivity contribution >= 4 is 17.8 Å². The number of aliphatic carboxylic acids is 1. The van der Waals surface area contributed by atoms with Crippen LogP contribution >= 0.6 is 0 Å². The first-order valence-electron chi connectivity index (χ1n) is 5.76. The van der Waals surface area contributed by atoms with Crippen molar-refractivity contribution in [2.75, 3.05) is 0 Å². The van der Waals surface area contributed by atoms with E-state index in [9.17, 15) is 14.4 Å². The predicted molar refractivity (Wildman–Crippen MR) is 66.9 cm³/mol. The van der Waals surface area contributed by atoms with Gasteiger partial charge >= 0.3 is 11.9 Å². The van der Waals surface area contributed by atoms with Gasteiger partial charge in [0, 0.05) is 12.5 Å². The Labute approximate surface area is 110 Å². The number of carbonyl (C=O) groups is 3. The van der Waals surface area contributed by atoms with Gasteiger partial charge in [-0.1, -0.05) is 6.92 Å². The molecule has 0 unspecified atom stereocenters. The summed E-state index contributed by atoms with van der Waals surface area (Å²) in [6.45, 7) is 2.95. The Hall–Kier alpha value is -2.37. The van der Waals surface area contributed by atoms with Crippen LogP contribution < -0.4 is 10.1 Å². The van der Waals surface area contributed by atoms with E-state index in [1.165, 1.54) is 31.2 Å². The lowest BCUT2D eigenvalue weighted by Crippen LogP contribution is -2.40. The third-order valence-electron chi connectivity index (χ3n) is 2.39. The van der Waals surface area contributed by atoms with Gasteiger partial charge in [-0.05, 0) is 30.7 Å². The number of hydrogen-bond acceptors (Lipinski definition) is 4. The molecule has 6 nitrogen and oxygen atoms in total. The average molecular weight is 265 g/mol. The van der Waals surface area contributed by atoms with Crippen LogP contribution in [0.5, 0.6) is 5.75 Å². The first kappa shape index (κ1) is 14.7. The number of carboxylic acid groups (broad SMARTS) is 1. The minimum Gasteiger partial charge on any atom is -0.480 e. The molecule has 0 heterocycles. The van der Waals surface area contributed by atoms with Crippen LogP contribution in [0.1, 0.15) is 30.6 Å². The second kappa shape index (κ2) is 6.53. The van der Waals surface area contributed by atoms with Crippen molar-refractivity contribution < 1.29 is 24.2 Å². The molecular formula is C13H15NO5. The molecule has 0 radical (unpaired) electrons. The van der Waals surface area contributed by atoms with Gasteiger partial charge in [-0.15, -0.1) is 0 Å². The molecule has 1 amide bonds. The maximum absolute atomic E-state index is 11.8. The maximum Gasteiger partial charge on any atom is 0.326 e. The molecule has 102 valence electrons. The van der Waals surface area contributed by atoms with Crippen molar-refractivity contribution in [1.82, 2.24) is 5.32 Å². The summed E-state index contributed by atoms with van der Waals surface area (Å²) in [5.41, 5.74) is 0.301. The van der Waals surface area contributed by atoms with Gasteiger partial charge in [0.15, 0.2) is 0 Å². The lowest BCUT2D eigenvalue weighted by atomic mass is 10.1. The number of hydrogen-bond donors (Lipinski definition) is 2. The normalized spacial score (nSPS) is 11.5. The molecule has 19 heavy (non-hydrogen) atoms. The molecule has 0 aromatic heterocycles. The van der Waals surface area contributed by atoms with Crippen molar-refractivity contribution in [1.29, 1.82) is 0 Å². The second-order valence-corrected chi connectivity index (χ2v) is 3.89. The fourth-order valence-electron chi connectivity index (χ4n) is 1.42. The zero-order chi connectivity index (χ0) is 14.4. The highest BCUT2D eigenvalue weighted by Crippen LogP contribution is 2.12. The van der Waals surface area contributed by atoms with Crippen molar-refractivity contribution in [3.63, 3.8) is 0 Å². The van der Waals surface area contributed by atoms with Gasteiger partial charge in [-0.3, -0.25) is 9.59 Å². The van der Waals surface area contributed by atoms with Crippen molar-refractivity contribution in [3.8, 4) is 5.75 Å². The molecule has 0 fully saturated rings. The highest BCUT2D eigenvalue weighted by Gasteiger charge is 2.18. The summed E-state index contributed by atoms with van der Waals surface area (Å²) in [4.78, 5) is 33.3. The lowest BCUT2D eigenvalue weighted by molar-refractivity contribution is -0.139.